The van der Waals surface area contributed by atoms with Gasteiger partial charge < -0.3 is 19.8 Å². The highest BCUT2D eigenvalue weighted by Gasteiger charge is 2.45. The number of hydrogen-bond donors (Lipinski definition) is 2. The Hall–Kier alpha value is -3.60. The zero-order valence-electron chi connectivity index (χ0n) is 18.4. The fourth-order valence-electron chi connectivity index (χ4n) is 4.81. The number of nitriles is 1. The van der Waals surface area contributed by atoms with Gasteiger partial charge in [-0.3, -0.25) is 9.36 Å². The topological polar surface area (TPSA) is 98.7 Å². The molecule has 0 bridgehead atoms. The summed E-state index contributed by atoms with van der Waals surface area (Å²) in [5, 5.41) is 29.2. The van der Waals surface area contributed by atoms with Crippen molar-refractivity contribution < 1.29 is 19.7 Å². The Morgan fingerprint density at radius 1 is 1.12 bits per heavy atom. The van der Waals surface area contributed by atoms with Gasteiger partial charge in [0.25, 0.3) is 5.91 Å². The number of aliphatic hydroxyl groups is 2. The van der Waals surface area contributed by atoms with Crippen LogP contribution in [0.3, 0.4) is 0 Å². The molecule has 7 heteroatoms. The molecule has 7 nitrogen and oxygen atoms in total. The number of hydrogen-bond acceptors (Lipinski definition) is 5. The molecule has 1 amide bonds. The van der Waals surface area contributed by atoms with Gasteiger partial charge in [-0.25, -0.2) is 0 Å². The maximum Gasteiger partial charge on any atom is 0.253 e. The normalized spacial score (nSPS) is 17.9. The number of ether oxygens (including phenoxy) is 1. The third-order valence-corrected chi connectivity index (χ3v) is 6.79. The minimum Gasteiger partial charge on any atom is -0.479 e. The van der Waals surface area contributed by atoms with E-state index in [2.05, 4.69) is 6.07 Å². The SMILES string of the molecule is C[C@@](O)(CO)c1ccc(C(=O)N2CCC3(CC2)Oc2ccccc2-n2c(C#N)ccc23)cc1. The van der Waals surface area contributed by atoms with Crippen LogP contribution in [-0.2, 0) is 11.2 Å². The lowest BCUT2D eigenvalue weighted by Crippen LogP contribution is -2.50. The van der Waals surface area contributed by atoms with Crippen LogP contribution in [0.2, 0.25) is 0 Å². The van der Waals surface area contributed by atoms with Crippen molar-refractivity contribution in [3.63, 3.8) is 0 Å². The summed E-state index contributed by atoms with van der Waals surface area (Å²) >= 11 is 0. The number of likely N-dealkylation sites (tertiary alicyclic amines) is 1. The van der Waals surface area contributed by atoms with Crippen molar-refractivity contribution in [2.75, 3.05) is 19.7 Å². The molecule has 168 valence electrons. The molecule has 0 unspecified atom stereocenters. The van der Waals surface area contributed by atoms with E-state index >= 15 is 0 Å². The van der Waals surface area contributed by atoms with Crippen molar-refractivity contribution >= 4 is 5.91 Å². The van der Waals surface area contributed by atoms with Crippen LogP contribution in [0.25, 0.3) is 5.69 Å². The average molecular weight is 444 g/mol. The molecular formula is C26H25N3O4. The van der Waals surface area contributed by atoms with Crippen molar-refractivity contribution in [1.29, 1.82) is 5.26 Å². The molecule has 2 N–H and O–H groups in total. The highest BCUT2D eigenvalue weighted by atomic mass is 16.5. The van der Waals surface area contributed by atoms with Crippen LogP contribution in [0.5, 0.6) is 5.75 Å². The van der Waals surface area contributed by atoms with Crippen LogP contribution in [0.1, 0.15) is 47.1 Å². The van der Waals surface area contributed by atoms with Gasteiger partial charge in [0.05, 0.1) is 18.0 Å². The highest BCUT2D eigenvalue weighted by Crippen LogP contribution is 2.45. The van der Waals surface area contributed by atoms with E-state index in [1.54, 1.807) is 24.3 Å². The van der Waals surface area contributed by atoms with Crippen molar-refractivity contribution in [2.45, 2.75) is 31.0 Å². The van der Waals surface area contributed by atoms with E-state index in [4.69, 9.17) is 4.74 Å². The molecule has 1 saturated heterocycles. The molecule has 33 heavy (non-hydrogen) atoms. The summed E-state index contributed by atoms with van der Waals surface area (Å²) in [6, 6.07) is 20.5. The Morgan fingerprint density at radius 2 is 1.82 bits per heavy atom. The predicted molar refractivity (Wildman–Crippen MR) is 121 cm³/mol. The zero-order chi connectivity index (χ0) is 23.2. The van der Waals surface area contributed by atoms with Crippen molar-refractivity contribution in [3.05, 3.63) is 83.2 Å². The minimum absolute atomic E-state index is 0.0793. The number of fused-ring (bicyclic) bond motifs is 4. The number of para-hydroxylation sites is 2. The van der Waals surface area contributed by atoms with Crippen LogP contribution in [0.4, 0.5) is 0 Å². The molecule has 0 aliphatic carbocycles. The largest absolute Gasteiger partial charge is 0.479 e. The average Bonchev–Trinajstić information content (AvgIpc) is 3.30. The fourth-order valence-corrected chi connectivity index (χ4v) is 4.81. The van der Waals surface area contributed by atoms with E-state index in [9.17, 15) is 20.3 Å². The van der Waals surface area contributed by atoms with Crippen LogP contribution in [0, 0.1) is 11.3 Å². The molecule has 2 aliphatic heterocycles. The molecular weight excluding hydrogens is 418 g/mol. The summed E-state index contributed by atoms with van der Waals surface area (Å²) in [6.07, 6.45) is 1.22. The molecule has 1 aromatic heterocycles. The lowest BCUT2D eigenvalue weighted by molar-refractivity contribution is -0.00946. The molecule has 2 aromatic carbocycles. The first-order valence-electron chi connectivity index (χ1n) is 11.0. The number of carbonyl (C=O) groups excluding carboxylic acids is 1. The Kier molecular flexibility index (Phi) is 5.00. The first-order valence-corrected chi connectivity index (χ1v) is 11.0. The molecule has 0 saturated carbocycles. The zero-order valence-corrected chi connectivity index (χ0v) is 18.4. The summed E-state index contributed by atoms with van der Waals surface area (Å²) in [7, 11) is 0. The third-order valence-electron chi connectivity index (χ3n) is 6.79. The predicted octanol–water partition coefficient (Wildman–Crippen LogP) is 3.07. The smallest absolute Gasteiger partial charge is 0.253 e. The summed E-state index contributed by atoms with van der Waals surface area (Å²) < 4.78 is 8.50. The second-order valence-corrected chi connectivity index (χ2v) is 8.92. The first-order chi connectivity index (χ1) is 15.9. The Labute approximate surface area is 192 Å². The van der Waals surface area contributed by atoms with E-state index in [0.29, 0.717) is 42.8 Å². The van der Waals surface area contributed by atoms with Gasteiger partial charge in [0.2, 0.25) is 0 Å². The summed E-state index contributed by atoms with van der Waals surface area (Å²) in [5.41, 5.74) is 1.53. The van der Waals surface area contributed by atoms with Gasteiger partial charge in [-0.1, -0.05) is 24.3 Å². The Balaban J connectivity index is 1.38. The summed E-state index contributed by atoms with van der Waals surface area (Å²) in [5.74, 6) is 0.661. The summed E-state index contributed by atoms with van der Waals surface area (Å²) in [6.45, 7) is 2.17. The van der Waals surface area contributed by atoms with Gasteiger partial charge in [0.15, 0.2) is 5.60 Å². The van der Waals surface area contributed by atoms with Gasteiger partial charge in [0.1, 0.15) is 23.1 Å². The van der Waals surface area contributed by atoms with Gasteiger partial charge >= 0.3 is 0 Å². The Morgan fingerprint density at radius 3 is 2.48 bits per heavy atom. The number of carbonyl (C=O) groups is 1. The number of nitrogens with zero attached hydrogens (tertiary/aromatic N) is 3. The van der Waals surface area contributed by atoms with Gasteiger partial charge in [-0.15, -0.1) is 0 Å². The molecule has 5 rings (SSSR count). The molecule has 3 heterocycles. The third kappa shape index (κ3) is 3.39. The van der Waals surface area contributed by atoms with Crippen LogP contribution in [-0.4, -0.2) is 45.3 Å². The van der Waals surface area contributed by atoms with E-state index in [1.807, 2.05) is 45.9 Å². The number of aromatic nitrogens is 1. The van der Waals surface area contributed by atoms with E-state index in [-0.39, 0.29) is 5.91 Å². The van der Waals surface area contributed by atoms with Gasteiger partial charge in [-0.2, -0.15) is 5.26 Å². The standard InChI is InChI=1S/C26H25N3O4/c1-25(32,17-30)19-8-6-18(7-9-19)24(31)28-14-12-26(13-15-28)23-11-10-20(16-27)29(23)21-4-2-3-5-22(21)33-26/h2-11,30,32H,12-15,17H2,1H3/t25-/m1/s1. The summed E-state index contributed by atoms with van der Waals surface area (Å²) in [4.78, 5) is 14.9. The van der Waals surface area contributed by atoms with Crippen LogP contribution in [0.15, 0.2) is 60.7 Å². The van der Waals surface area contributed by atoms with Crippen LogP contribution < -0.4 is 4.74 Å². The monoisotopic (exact) mass is 443 g/mol. The quantitative estimate of drug-likeness (QED) is 0.648. The van der Waals surface area contributed by atoms with E-state index in [0.717, 1.165) is 17.1 Å². The molecule has 1 atom stereocenters. The second kappa shape index (κ2) is 7.77. The number of rotatable bonds is 3. The Bertz CT molecular complexity index is 1250. The number of benzene rings is 2. The van der Waals surface area contributed by atoms with E-state index in [1.165, 1.54) is 6.92 Å². The van der Waals surface area contributed by atoms with Gasteiger partial charge in [-0.05, 0) is 48.9 Å². The highest BCUT2D eigenvalue weighted by molar-refractivity contribution is 5.94. The fraction of sp³-hybridized carbons (Fsp3) is 0.308. The van der Waals surface area contributed by atoms with Gasteiger partial charge in [0, 0.05) is 31.5 Å². The lowest BCUT2D eigenvalue weighted by atomic mass is 9.86. The lowest BCUT2D eigenvalue weighted by Gasteiger charge is -2.45. The number of amides is 1. The minimum atomic E-state index is -1.34. The molecule has 1 spiro atoms. The number of piperidine rings is 1. The van der Waals surface area contributed by atoms with E-state index < -0.39 is 17.8 Å². The van der Waals surface area contributed by atoms with Crippen molar-refractivity contribution in [1.82, 2.24) is 9.47 Å². The molecule has 0 radical (unpaired) electrons. The maximum atomic E-state index is 13.1. The molecule has 2 aliphatic rings. The first kappa shape index (κ1) is 21.3. The second-order valence-electron chi connectivity index (χ2n) is 8.92. The van der Waals surface area contributed by atoms with Crippen molar-refractivity contribution in [3.8, 4) is 17.5 Å². The van der Waals surface area contributed by atoms with Crippen molar-refractivity contribution in [2.24, 2.45) is 0 Å². The van der Waals surface area contributed by atoms with Crippen LogP contribution >= 0.6 is 0 Å². The number of aliphatic hydroxyl groups excluding tert-OH is 1. The maximum absolute atomic E-state index is 13.1. The molecule has 1 fully saturated rings. The molecule has 3 aromatic rings.